The van der Waals surface area contributed by atoms with Gasteiger partial charge in [0, 0.05) is 68.8 Å². The van der Waals surface area contributed by atoms with Crippen LogP contribution in [0, 0.1) is 31.6 Å². The number of allylic oxidation sites excluding steroid dienone is 2. The van der Waals surface area contributed by atoms with E-state index in [-0.39, 0.29) is 24.0 Å². The number of hydrogen-bond acceptors (Lipinski definition) is 6. The summed E-state index contributed by atoms with van der Waals surface area (Å²) in [6.45, 7) is 10.0. The monoisotopic (exact) mass is 610 g/mol. The number of fused-ring (bicyclic) bond motifs is 7. The lowest BCUT2D eigenvalue weighted by molar-refractivity contribution is -0.142. The van der Waals surface area contributed by atoms with Crippen LogP contribution in [-0.2, 0) is 27.2 Å². The number of rotatable bonds is 7. The third-order valence-electron chi connectivity index (χ3n) is 9.86. The molecule has 5 heterocycles. The summed E-state index contributed by atoms with van der Waals surface area (Å²) < 4.78 is 5.14. The van der Waals surface area contributed by atoms with Gasteiger partial charge in [-0.3, -0.25) is 19.2 Å². The molecular formula is C35H38N4O6. The molecule has 0 radical (unpaired) electrons. The van der Waals surface area contributed by atoms with Crippen molar-refractivity contribution >= 4 is 47.8 Å². The fourth-order valence-electron chi connectivity index (χ4n) is 7.45. The van der Waals surface area contributed by atoms with Crippen LogP contribution >= 0.6 is 0 Å². The van der Waals surface area contributed by atoms with Gasteiger partial charge < -0.3 is 30.1 Å². The highest BCUT2D eigenvalue weighted by Crippen LogP contribution is 2.48. The van der Waals surface area contributed by atoms with Gasteiger partial charge in [0.05, 0.1) is 18.2 Å². The fraction of sp³-hybridized carbons (Fsp3) is 0.371. The Labute approximate surface area is 260 Å². The topological polar surface area (TPSA) is 157 Å². The van der Waals surface area contributed by atoms with Crippen molar-refractivity contribution in [2.75, 3.05) is 7.11 Å². The summed E-state index contributed by atoms with van der Waals surface area (Å²) >= 11 is 0. The molecule has 6 rings (SSSR count). The van der Waals surface area contributed by atoms with Crippen molar-refractivity contribution < 1.29 is 29.0 Å². The van der Waals surface area contributed by atoms with E-state index >= 15 is 0 Å². The van der Waals surface area contributed by atoms with Crippen molar-refractivity contribution in [3.05, 3.63) is 78.2 Å². The highest BCUT2D eigenvalue weighted by molar-refractivity contribution is 6.24. The predicted molar refractivity (Wildman–Crippen MR) is 170 cm³/mol. The molecule has 3 aromatic rings. The van der Waals surface area contributed by atoms with E-state index in [4.69, 9.17) is 4.74 Å². The molecule has 234 valence electrons. The maximum atomic E-state index is 14.0. The zero-order valence-corrected chi connectivity index (χ0v) is 26.4. The van der Waals surface area contributed by atoms with E-state index in [1.165, 1.54) is 7.11 Å². The van der Waals surface area contributed by atoms with E-state index in [0.717, 1.165) is 51.8 Å². The van der Waals surface area contributed by atoms with E-state index in [1.807, 2.05) is 39.0 Å². The van der Waals surface area contributed by atoms with Crippen molar-refractivity contribution in [1.82, 2.24) is 20.3 Å². The second-order valence-corrected chi connectivity index (χ2v) is 12.1. The van der Waals surface area contributed by atoms with Gasteiger partial charge in [0.15, 0.2) is 12.1 Å². The molecule has 10 nitrogen and oxygen atoms in total. The second kappa shape index (κ2) is 11.3. The number of ketones is 1. The van der Waals surface area contributed by atoms with E-state index < -0.39 is 17.9 Å². The number of carbonyl (C=O) groups is 4. The number of H-pyrrole nitrogens is 3. The summed E-state index contributed by atoms with van der Waals surface area (Å²) in [5, 5.41) is 14.6. The summed E-state index contributed by atoms with van der Waals surface area (Å²) in [6, 6.07) is 0. The number of nitrogens with one attached hydrogen (secondary N) is 4. The van der Waals surface area contributed by atoms with Crippen LogP contribution in [0.1, 0.15) is 99.4 Å². The van der Waals surface area contributed by atoms with Crippen molar-refractivity contribution in [2.24, 2.45) is 17.8 Å². The molecule has 0 saturated carbocycles. The SMILES string of the molecule is CCc1c2[nH]c(c1C)/C=C1\N/C(=C3\c4[nH]c(c(C)c4C(=O)[C@@H]3C(=O)OC)/C=c3\[nH]/c(c(C=O)c3CC)=C\2)[C@@H](CCC(=O)O)[C@@H]1C. The number of hydrogen-bond donors (Lipinski definition) is 5. The van der Waals surface area contributed by atoms with Gasteiger partial charge in [-0.15, -0.1) is 0 Å². The second-order valence-electron chi connectivity index (χ2n) is 12.1. The summed E-state index contributed by atoms with van der Waals surface area (Å²) in [7, 11) is 1.26. The van der Waals surface area contributed by atoms with Crippen LogP contribution in [0.3, 0.4) is 0 Å². The lowest BCUT2D eigenvalue weighted by Crippen LogP contribution is -2.25. The average Bonchev–Trinajstić information content (AvgIpc) is 3.76. The van der Waals surface area contributed by atoms with Crippen LogP contribution in [0.2, 0.25) is 0 Å². The first-order chi connectivity index (χ1) is 21.5. The van der Waals surface area contributed by atoms with Crippen LogP contribution in [0.5, 0.6) is 0 Å². The number of aromatic amines is 3. The standard InChI is InChI=1S/C35H38N4O6/c1-7-18-15(3)22-11-23-16(4)20(9-10-28(41)42)32(38-23)30-31(35(44)45-6)34(43)29-17(5)24(39-33(29)30)12-26-19(8-2)21(14-40)27(37-26)13-25(18)36-22/h11-14,16,20,31,36-39H,7-10H2,1-6H3,(H,41,42)/b23-11-,26-12-,27-13-,32-30-/t16-,20-,31+/m0/s1. The third kappa shape index (κ3) is 4.62. The van der Waals surface area contributed by atoms with Crippen LogP contribution in [0.4, 0.5) is 0 Å². The molecular weight excluding hydrogens is 572 g/mol. The Kier molecular flexibility index (Phi) is 7.54. The van der Waals surface area contributed by atoms with Crippen molar-refractivity contribution in [1.29, 1.82) is 0 Å². The van der Waals surface area contributed by atoms with Gasteiger partial charge in [-0.25, -0.2) is 0 Å². The van der Waals surface area contributed by atoms with E-state index in [2.05, 4.69) is 34.1 Å². The van der Waals surface area contributed by atoms with Crippen LogP contribution in [0.15, 0.2) is 11.4 Å². The molecule has 8 bridgehead atoms. The number of carboxylic acids is 1. The Morgan fingerprint density at radius 3 is 2.29 bits per heavy atom. The molecule has 0 unspecified atom stereocenters. The first-order valence-corrected chi connectivity index (χ1v) is 15.4. The number of ether oxygens (including phenoxy) is 1. The molecule has 2 aliphatic heterocycles. The Hall–Kier alpha value is -4.86. The van der Waals surface area contributed by atoms with Gasteiger partial charge in [0.1, 0.15) is 5.92 Å². The normalized spacial score (nSPS) is 24.3. The van der Waals surface area contributed by atoms with Crippen molar-refractivity contribution in [3.63, 3.8) is 0 Å². The molecule has 3 aromatic heterocycles. The molecule has 3 aliphatic rings. The Morgan fingerprint density at radius 2 is 1.64 bits per heavy atom. The molecule has 1 aliphatic carbocycles. The van der Waals surface area contributed by atoms with Crippen LogP contribution in [-0.4, -0.2) is 51.2 Å². The number of carbonyl (C=O) groups excluding carboxylic acids is 3. The van der Waals surface area contributed by atoms with Gasteiger partial charge in [-0.2, -0.15) is 0 Å². The maximum Gasteiger partial charge on any atom is 0.321 e. The minimum atomic E-state index is -1.19. The van der Waals surface area contributed by atoms with Gasteiger partial charge in [0.2, 0.25) is 0 Å². The number of Topliss-reactive ketones (excluding diaryl/α,β-unsaturated/α-hetero) is 1. The number of aromatic nitrogens is 3. The molecule has 0 amide bonds. The Bertz CT molecular complexity index is 1980. The predicted octanol–water partition coefficient (Wildman–Crippen LogP) is 3.65. The summed E-state index contributed by atoms with van der Waals surface area (Å²) in [6.07, 6.45) is 8.44. The molecule has 1 saturated heterocycles. The third-order valence-corrected chi connectivity index (χ3v) is 9.86. The van der Waals surface area contributed by atoms with Gasteiger partial charge in [-0.1, -0.05) is 20.8 Å². The molecule has 10 heteroatoms. The largest absolute Gasteiger partial charge is 0.481 e. The number of aliphatic carboxylic acids is 1. The molecule has 3 atom stereocenters. The Balaban J connectivity index is 1.74. The zero-order valence-electron chi connectivity index (χ0n) is 26.4. The molecule has 0 aromatic carbocycles. The lowest BCUT2D eigenvalue weighted by atomic mass is 9.85. The number of esters is 1. The average molecular weight is 611 g/mol. The first kappa shape index (κ1) is 30.2. The van der Waals surface area contributed by atoms with Gasteiger partial charge in [0.25, 0.3) is 0 Å². The Morgan fingerprint density at radius 1 is 0.956 bits per heavy atom. The minimum absolute atomic E-state index is 0.0678. The smallest absolute Gasteiger partial charge is 0.321 e. The molecule has 5 N–H and O–H groups in total. The highest BCUT2D eigenvalue weighted by atomic mass is 16.5. The molecule has 1 fully saturated rings. The fourth-order valence-corrected chi connectivity index (χ4v) is 7.45. The zero-order chi connectivity index (χ0) is 32.3. The summed E-state index contributed by atoms with van der Waals surface area (Å²) in [5.41, 5.74) is 9.71. The van der Waals surface area contributed by atoms with Gasteiger partial charge >= 0.3 is 11.9 Å². The van der Waals surface area contributed by atoms with Crippen LogP contribution in [0.25, 0.3) is 23.8 Å². The molecule has 0 spiro atoms. The minimum Gasteiger partial charge on any atom is -0.481 e. The summed E-state index contributed by atoms with van der Waals surface area (Å²) in [5.74, 6) is -3.56. The number of aldehydes is 1. The van der Waals surface area contributed by atoms with Crippen LogP contribution < -0.4 is 16.0 Å². The van der Waals surface area contributed by atoms with E-state index in [9.17, 15) is 24.3 Å². The first-order valence-electron chi connectivity index (χ1n) is 15.4. The molecule has 45 heavy (non-hydrogen) atoms. The van der Waals surface area contributed by atoms with Crippen molar-refractivity contribution in [3.8, 4) is 0 Å². The lowest BCUT2D eigenvalue weighted by Gasteiger charge is -2.19. The maximum absolute atomic E-state index is 14.0. The summed E-state index contributed by atoms with van der Waals surface area (Å²) in [4.78, 5) is 61.9. The van der Waals surface area contributed by atoms with E-state index in [0.29, 0.717) is 57.5 Å². The van der Waals surface area contributed by atoms with E-state index in [1.54, 1.807) is 0 Å². The number of carboxylic acid groups (broad SMARTS) is 1. The quantitative estimate of drug-likeness (QED) is 0.155. The number of methoxy groups -OCH3 is 1. The highest BCUT2D eigenvalue weighted by Gasteiger charge is 2.48. The van der Waals surface area contributed by atoms with Gasteiger partial charge in [-0.05, 0) is 73.6 Å². The van der Waals surface area contributed by atoms with Crippen molar-refractivity contribution in [2.45, 2.75) is 60.3 Å².